The molecule has 8 nitrogen and oxygen atoms in total. The zero-order valence-electron chi connectivity index (χ0n) is 21.4. The lowest BCUT2D eigenvalue weighted by atomic mass is 9.85. The Hall–Kier alpha value is -4.25. The van der Waals surface area contributed by atoms with Crippen LogP contribution in [0.4, 0.5) is 0 Å². The average Bonchev–Trinajstić information content (AvgIpc) is 3.70. The molecule has 0 amide bonds. The third-order valence-corrected chi connectivity index (χ3v) is 9.45. The summed E-state index contributed by atoms with van der Waals surface area (Å²) in [5.74, 6) is -0.629. The fourth-order valence-corrected chi connectivity index (χ4v) is 7.28. The van der Waals surface area contributed by atoms with Crippen LogP contribution in [0.25, 0.3) is 30.7 Å². The summed E-state index contributed by atoms with van der Waals surface area (Å²) in [5, 5.41) is 8.41. The van der Waals surface area contributed by atoms with Gasteiger partial charge in [0.15, 0.2) is 0 Å². The molecule has 4 aromatic heterocycles. The van der Waals surface area contributed by atoms with Crippen LogP contribution >= 0.6 is 34.3 Å². The Morgan fingerprint density at radius 2 is 1.15 bits per heavy atom. The molecule has 7 aromatic rings. The monoisotopic (exact) mass is 586 g/mol. The second kappa shape index (κ2) is 9.44. The van der Waals surface area contributed by atoms with E-state index in [2.05, 4.69) is 20.2 Å². The number of aromatic nitrogens is 6. The maximum Gasteiger partial charge on any atom is 0.366 e. The van der Waals surface area contributed by atoms with Gasteiger partial charge < -0.3 is 0 Å². The number of benzene rings is 3. The van der Waals surface area contributed by atoms with Crippen molar-refractivity contribution in [3.05, 3.63) is 127 Å². The fraction of sp³-hybridized carbons (Fsp3) is 0.103. The molecule has 0 aliphatic carbocycles. The summed E-state index contributed by atoms with van der Waals surface area (Å²) in [6.07, 6.45) is 0. The van der Waals surface area contributed by atoms with Gasteiger partial charge in [-0.05, 0) is 78.5 Å². The van der Waals surface area contributed by atoms with E-state index in [1.165, 1.54) is 32.0 Å². The summed E-state index contributed by atoms with van der Waals surface area (Å²) in [7, 11) is 0. The Kier molecular flexibility index (Phi) is 5.85. The van der Waals surface area contributed by atoms with Gasteiger partial charge in [-0.2, -0.15) is 0 Å². The van der Waals surface area contributed by atoms with Crippen LogP contribution in [0.3, 0.4) is 0 Å². The number of rotatable bonds is 5. The molecule has 40 heavy (non-hydrogen) atoms. The molecule has 0 saturated heterocycles. The molecule has 0 radical (unpaired) electrons. The van der Waals surface area contributed by atoms with Gasteiger partial charge in [0.05, 0.1) is 37.8 Å². The lowest BCUT2D eigenvalue weighted by Crippen LogP contribution is -2.27. The molecule has 0 fully saturated rings. The predicted molar refractivity (Wildman–Crippen MR) is 159 cm³/mol. The van der Waals surface area contributed by atoms with Crippen molar-refractivity contribution in [3.8, 4) is 10.3 Å². The van der Waals surface area contributed by atoms with E-state index < -0.39 is 5.92 Å². The molecule has 0 aliphatic rings. The number of fused-ring (bicyclic) bond motifs is 2. The van der Waals surface area contributed by atoms with Gasteiger partial charge in [-0.15, -0.1) is 0 Å². The van der Waals surface area contributed by atoms with Crippen molar-refractivity contribution in [3.63, 3.8) is 0 Å². The van der Waals surface area contributed by atoms with E-state index in [9.17, 15) is 9.59 Å². The van der Waals surface area contributed by atoms with Gasteiger partial charge in [-0.3, -0.25) is 0 Å². The summed E-state index contributed by atoms with van der Waals surface area (Å²) >= 11 is 9.20. The minimum absolute atomic E-state index is 0.222. The minimum Gasteiger partial charge on any atom is -0.239 e. The van der Waals surface area contributed by atoms with Crippen LogP contribution in [-0.4, -0.2) is 19.6 Å². The van der Waals surface area contributed by atoms with Crippen LogP contribution in [0.5, 0.6) is 0 Å². The summed E-state index contributed by atoms with van der Waals surface area (Å²) in [6, 6.07) is 23.1. The van der Waals surface area contributed by atoms with Crippen molar-refractivity contribution in [1.29, 1.82) is 0 Å². The molecule has 0 unspecified atom stereocenters. The average molecular weight is 587 g/mol. The molecule has 4 heterocycles. The number of nitrogens with zero attached hydrogens (tertiary/aromatic N) is 2. The summed E-state index contributed by atoms with van der Waals surface area (Å²) in [4.78, 5) is 34.9. The molecule has 0 bridgehead atoms. The number of thiazole rings is 2. The maximum absolute atomic E-state index is 14.1. The van der Waals surface area contributed by atoms with Crippen molar-refractivity contribution in [2.45, 2.75) is 19.8 Å². The number of aryl methyl sites for hydroxylation is 2. The molecule has 7 rings (SSSR count). The number of halogens is 1. The smallest absolute Gasteiger partial charge is 0.239 e. The van der Waals surface area contributed by atoms with E-state index in [1.54, 1.807) is 12.1 Å². The lowest BCUT2D eigenvalue weighted by Gasteiger charge is -2.14. The molecule has 11 heteroatoms. The SMILES string of the molecule is Cc1[nH]n(-c2[nH+]c3ccccc3s2)c(=O)c1C(c1ccc(Cl)cc1)c1c(C)[nH]n(-c2[nH+]c3ccccc3s2)c1=O. The number of para-hydroxylation sites is 2. The first-order chi connectivity index (χ1) is 19.4. The largest absolute Gasteiger partial charge is 0.366 e. The molecule has 0 saturated carbocycles. The molecule has 3 aromatic carbocycles. The van der Waals surface area contributed by atoms with Crippen LogP contribution in [-0.2, 0) is 0 Å². The van der Waals surface area contributed by atoms with Crippen molar-refractivity contribution in [2.24, 2.45) is 0 Å². The van der Waals surface area contributed by atoms with Gasteiger partial charge >= 0.3 is 21.4 Å². The highest BCUT2D eigenvalue weighted by Crippen LogP contribution is 2.33. The summed E-state index contributed by atoms with van der Waals surface area (Å²) in [5.41, 5.74) is 4.59. The minimum atomic E-state index is -0.629. The predicted octanol–water partition coefficient (Wildman–Crippen LogP) is 5.15. The van der Waals surface area contributed by atoms with Gasteiger partial charge in [0.2, 0.25) is 0 Å². The van der Waals surface area contributed by atoms with Gasteiger partial charge in [0.25, 0.3) is 0 Å². The fourth-order valence-electron chi connectivity index (χ4n) is 5.23. The summed E-state index contributed by atoms with van der Waals surface area (Å²) in [6.45, 7) is 3.73. The highest BCUT2D eigenvalue weighted by Gasteiger charge is 2.35. The van der Waals surface area contributed by atoms with Crippen molar-refractivity contribution in [1.82, 2.24) is 19.6 Å². The standard InChI is InChI=1S/C29H21ClN6O2S2/c1-15-23(26(37)35(33-15)28-31-19-7-3-5-9-21(19)39-28)25(17-11-13-18(30)14-12-17)24-16(2)34-36(27(24)38)29-32-20-8-4-6-10-22(20)40-29/h3-14,25,33-34H,1-2H3/p+2. The van der Waals surface area contributed by atoms with Crippen molar-refractivity contribution in [2.75, 3.05) is 0 Å². The summed E-state index contributed by atoms with van der Waals surface area (Å²) < 4.78 is 5.13. The van der Waals surface area contributed by atoms with Crippen LogP contribution in [0.15, 0.2) is 82.4 Å². The molecule has 0 atom stereocenters. The second-order valence-electron chi connectivity index (χ2n) is 9.62. The van der Waals surface area contributed by atoms with E-state index >= 15 is 0 Å². The van der Waals surface area contributed by atoms with Gasteiger partial charge in [-0.25, -0.2) is 29.8 Å². The molecular weight excluding hydrogens is 564 g/mol. The Bertz CT molecular complexity index is 1960. The molecule has 0 aliphatic heterocycles. The molecule has 198 valence electrons. The topological polar surface area (TPSA) is 104 Å². The highest BCUT2D eigenvalue weighted by molar-refractivity contribution is 7.20. The van der Waals surface area contributed by atoms with Crippen molar-refractivity contribution >= 4 is 54.7 Å². The van der Waals surface area contributed by atoms with E-state index in [1.807, 2.05) is 74.5 Å². The van der Waals surface area contributed by atoms with Crippen LogP contribution in [0.1, 0.15) is 34.0 Å². The van der Waals surface area contributed by atoms with Crippen LogP contribution in [0.2, 0.25) is 5.02 Å². The van der Waals surface area contributed by atoms with Crippen molar-refractivity contribution < 1.29 is 9.97 Å². The number of H-pyrrole nitrogens is 4. The lowest BCUT2D eigenvalue weighted by molar-refractivity contribution is -0.335. The Morgan fingerprint density at radius 1 is 0.700 bits per heavy atom. The molecule has 0 spiro atoms. The number of nitrogens with one attached hydrogen (secondary N) is 4. The van der Waals surface area contributed by atoms with E-state index in [4.69, 9.17) is 11.6 Å². The van der Waals surface area contributed by atoms with Gasteiger partial charge in [-0.1, -0.05) is 57.4 Å². The Balaban J connectivity index is 1.44. The maximum atomic E-state index is 14.1. The Morgan fingerprint density at radius 3 is 1.60 bits per heavy atom. The molecular formula is C29H23ClN6O2S2+2. The second-order valence-corrected chi connectivity index (χ2v) is 12.1. The third-order valence-electron chi connectivity index (χ3n) is 7.09. The third kappa shape index (κ3) is 3.95. The number of hydrogen-bond acceptors (Lipinski definition) is 4. The zero-order chi connectivity index (χ0) is 27.5. The van der Waals surface area contributed by atoms with Gasteiger partial charge in [0.1, 0.15) is 11.0 Å². The first-order valence-corrected chi connectivity index (χ1v) is 14.6. The normalized spacial score (nSPS) is 11.8. The highest BCUT2D eigenvalue weighted by atomic mass is 35.5. The quantitative estimate of drug-likeness (QED) is 0.291. The first kappa shape index (κ1) is 24.8. The van der Waals surface area contributed by atoms with E-state index in [-0.39, 0.29) is 11.1 Å². The van der Waals surface area contributed by atoms with Gasteiger partial charge in [0, 0.05) is 5.02 Å². The van der Waals surface area contributed by atoms with Crippen LogP contribution < -0.4 is 21.1 Å². The Labute approximate surface area is 240 Å². The number of aromatic amines is 4. The molecule has 4 N–H and O–H groups in total. The zero-order valence-corrected chi connectivity index (χ0v) is 23.8. The first-order valence-electron chi connectivity index (χ1n) is 12.6. The number of hydrogen-bond donors (Lipinski definition) is 2. The van der Waals surface area contributed by atoms with Crippen LogP contribution in [0, 0.1) is 13.8 Å². The van der Waals surface area contributed by atoms with E-state index in [0.717, 1.165) is 26.0 Å². The van der Waals surface area contributed by atoms with E-state index in [0.29, 0.717) is 37.8 Å².